The molecule has 2 rings (SSSR count). The number of likely N-dealkylation sites (tertiary alicyclic amines) is 1. The molecule has 1 fully saturated rings. The molecule has 0 spiro atoms. The Labute approximate surface area is 225 Å². The van der Waals surface area contributed by atoms with Crippen molar-refractivity contribution >= 4 is 46.5 Å². The number of guanidine groups is 1. The van der Waals surface area contributed by atoms with Crippen molar-refractivity contribution in [3.63, 3.8) is 0 Å². The summed E-state index contributed by atoms with van der Waals surface area (Å²) in [5.41, 5.74) is 11.4. The highest BCUT2D eigenvalue weighted by molar-refractivity contribution is 7.89. The van der Waals surface area contributed by atoms with Crippen molar-refractivity contribution in [3.8, 4) is 0 Å². The molecule has 0 saturated carbocycles. The lowest BCUT2D eigenvalue weighted by atomic mass is 10.0. The minimum Gasteiger partial charge on any atom is -0.370 e. The Balaban J connectivity index is 0.00000684. The van der Waals surface area contributed by atoms with Gasteiger partial charge in [-0.15, -0.1) is 12.4 Å². The van der Waals surface area contributed by atoms with Gasteiger partial charge in [-0.3, -0.25) is 14.6 Å². The molecule has 0 radical (unpaired) electrons. The zero-order valence-electron chi connectivity index (χ0n) is 21.2. The van der Waals surface area contributed by atoms with Crippen LogP contribution in [0.2, 0.25) is 0 Å². The number of aliphatic imine (C=N–C) groups is 1. The highest BCUT2D eigenvalue weighted by Crippen LogP contribution is 2.20. The predicted octanol–water partition coefficient (Wildman–Crippen LogP) is 0.467. The number of rotatable bonds is 15. The number of hydrogen-bond donors (Lipinski definition) is 4. The fraction of sp³-hybridized carbons (Fsp3) is 0.583. The number of sulfonamides is 1. The molecule has 13 heteroatoms. The Morgan fingerprint density at radius 2 is 1.92 bits per heavy atom. The lowest BCUT2D eigenvalue weighted by molar-refractivity contribution is -0.140. The zero-order chi connectivity index (χ0) is 26.6. The molecule has 11 nitrogen and oxygen atoms in total. The fourth-order valence-corrected chi connectivity index (χ4v) is 5.52. The molecular formula is C24H39ClN6O5S. The van der Waals surface area contributed by atoms with Crippen molar-refractivity contribution in [3.05, 3.63) is 35.9 Å². The number of carbonyl (C=O) groups is 3. The van der Waals surface area contributed by atoms with Gasteiger partial charge in [-0.2, -0.15) is 0 Å². The van der Waals surface area contributed by atoms with Crippen LogP contribution in [0, 0.1) is 0 Å². The molecule has 1 aliphatic rings. The number of unbranched alkanes of at least 4 members (excludes halogenated alkanes) is 1. The number of amides is 2. The SMILES string of the molecule is CCCCS(=O)(=O)N[C@H](Cc1ccccc1)C(=O)N1CCC[C@H]1C(=O)N[C@H](C=O)CCCN=C(N)N.Cl. The van der Waals surface area contributed by atoms with Crippen LogP contribution in [-0.4, -0.2) is 74.3 Å². The average Bonchev–Trinajstić information content (AvgIpc) is 3.34. The van der Waals surface area contributed by atoms with Crippen LogP contribution in [0.5, 0.6) is 0 Å². The summed E-state index contributed by atoms with van der Waals surface area (Å²) in [7, 11) is -3.69. The van der Waals surface area contributed by atoms with Crippen molar-refractivity contribution < 1.29 is 22.8 Å². The summed E-state index contributed by atoms with van der Waals surface area (Å²) in [5, 5.41) is 2.70. The standard InChI is InChI=1S/C24H38N6O5S.ClH/c1-2-3-15-36(34,35)29-20(16-18-9-5-4-6-10-18)23(33)30-14-8-12-21(30)22(32)28-19(17-31)11-7-13-27-24(25)26;/h4-6,9-10,17,19-21,29H,2-3,7-8,11-16H2,1H3,(H,28,32)(H4,25,26,27);1H/t19-,20+,21-;/m0./s1. The minimum atomic E-state index is -3.69. The van der Waals surface area contributed by atoms with Gasteiger partial charge in [0.15, 0.2) is 5.96 Å². The van der Waals surface area contributed by atoms with E-state index in [9.17, 15) is 22.8 Å². The van der Waals surface area contributed by atoms with Gasteiger partial charge in [0.25, 0.3) is 0 Å². The second-order valence-electron chi connectivity index (χ2n) is 8.92. The van der Waals surface area contributed by atoms with Gasteiger partial charge in [0, 0.05) is 13.1 Å². The third-order valence-electron chi connectivity index (χ3n) is 5.97. The quantitative estimate of drug-likeness (QED) is 0.105. The number of nitrogens with two attached hydrogens (primary N) is 2. The van der Waals surface area contributed by atoms with E-state index in [-0.39, 0.29) is 30.5 Å². The van der Waals surface area contributed by atoms with E-state index in [1.165, 1.54) is 4.90 Å². The number of nitrogens with one attached hydrogen (secondary N) is 2. The molecule has 37 heavy (non-hydrogen) atoms. The van der Waals surface area contributed by atoms with E-state index < -0.39 is 40.0 Å². The Bertz CT molecular complexity index is 1000. The summed E-state index contributed by atoms with van der Waals surface area (Å²) in [6, 6.07) is 6.57. The van der Waals surface area contributed by atoms with Crippen molar-refractivity contribution in [2.24, 2.45) is 16.5 Å². The first kappa shape index (κ1) is 32.3. The van der Waals surface area contributed by atoms with Crippen molar-refractivity contribution in [1.29, 1.82) is 0 Å². The maximum absolute atomic E-state index is 13.6. The topological polar surface area (TPSA) is 177 Å². The molecule has 0 aromatic heterocycles. The van der Waals surface area contributed by atoms with Gasteiger partial charge in [-0.25, -0.2) is 13.1 Å². The third-order valence-corrected chi connectivity index (χ3v) is 7.44. The molecule has 1 aliphatic heterocycles. The first-order valence-corrected chi connectivity index (χ1v) is 14.0. The zero-order valence-corrected chi connectivity index (χ0v) is 22.8. The van der Waals surface area contributed by atoms with Crippen molar-refractivity contribution in [1.82, 2.24) is 14.9 Å². The summed E-state index contributed by atoms with van der Waals surface area (Å²) in [6.07, 6.45) is 3.86. The first-order valence-electron chi connectivity index (χ1n) is 12.3. The van der Waals surface area contributed by atoms with Gasteiger partial charge in [0.2, 0.25) is 21.8 Å². The van der Waals surface area contributed by atoms with Crippen LogP contribution < -0.4 is 21.5 Å². The Morgan fingerprint density at radius 1 is 1.22 bits per heavy atom. The number of halogens is 1. The van der Waals surface area contributed by atoms with Crippen LogP contribution in [0.15, 0.2) is 35.3 Å². The normalized spacial score (nSPS) is 16.8. The van der Waals surface area contributed by atoms with Crippen LogP contribution in [0.1, 0.15) is 51.0 Å². The summed E-state index contributed by atoms with van der Waals surface area (Å²) in [6.45, 7) is 2.55. The second kappa shape index (κ2) is 16.2. The Morgan fingerprint density at radius 3 is 2.54 bits per heavy atom. The lowest BCUT2D eigenvalue weighted by Crippen LogP contribution is -2.55. The monoisotopic (exact) mass is 558 g/mol. The van der Waals surface area contributed by atoms with Gasteiger partial charge in [-0.1, -0.05) is 43.7 Å². The fourth-order valence-electron chi connectivity index (χ4n) is 4.11. The van der Waals surface area contributed by atoms with Crippen LogP contribution in [0.25, 0.3) is 0 Å². The van der Waals surface area contributed by atoms with E-state index in [2.05, 4.69) is 15.0 Å². The Kier molecular flexibility index (Phi) is 14.2. The highest BCUT2D eigenvalue weighted by atomic mass is 35.5. The molecule has 3 atom stereocenters. The smallest absolute Gasteiger partial charge is 0.243 e. The number of hydrogen-bond acceptors (Lipinski definition) is 6. The largest absolute Gasteiger partial charge is 0.370 e. The number of aldehydes is 1. The number of nitrogens with zero attached hydrogens (tertiary/aromatic N) is 2. The molecule has 1 aromatic rings. The third kappa shape index (κ3) is 11.1. The minimum absolute atomic E-state index is 0. The molecule has 1 heterocycles. The van der Waals surface area contributed by atoms with E-state index >= 15 is 0 Å². The summed E-state index contributed by atoms with van der Waals surface area (Å²) in [5.74, 6) is -1.01. The van der Waals surface area contributed by atoms with E-state index in [0.717, 1.165) is 5.56 Å². The maximum Gasteiger partial charge on any atom is 0.243 e. The van der Waals surface area contributed by atoms with Crippen LogP contribution in [0.3, 0.4) is 0 Å². The number of benzene rings is 1. The molecule has 0 bridgehead atoms. The predicted molar refractivity (Wildman–Crippen MR) is 146 cm³/mol. The first-order chi connectivity index (χ1) is 17.2. The van der Waals surface area contributed by atoms with E-state index in [1.807, 2.05) is 37.3 Å². The summed E-state index contributed by atoms with van der Waals surface area (Å²) in [4.78, 5) is 43.3. The molecule has 1 aromatic carbocycles. The molecular weight excluding hydrogens is 520 g/mol. The molecule has 6 N–H and O–H groups in total. The average molecular weight is 559 g/mol. The summed E-state index contributed by atoms with van der Waals surface area (Å²) >= 11 is 0. The van der Waals surface area contributed by atoms with Gasteiger partial charge in [-0.05, 0) is 44.1 Å². The summed E-state index contributed by atoms with van der Waals surface area (Å²) < 4.78 is 27.9. The number of carbonyl (C=O) groups excluding carboxylic acids is 3. The van der Waals surface area contributed by atoms with E-state index in [0.29, 0.717) is 57.9 Å². The second-order valence-corrected chi connectivity index (χ2v) is 10.8. The van der Waals surface area contributed by atoms with Crippen LogP contribution in [-0.2, 0) is 30.8 Å². The molecule has 208 valence electrons. The van der Waals surface area contributed by atoms with Crippen LogP contribution >= 0.6 is 12.4 Å². The van der Waals surface area contributed by atoms with E-state index in [4.69, 9.17) is 11.5 Å². The lowest BCUT2D eigenvalue weighted by Gasteiger charge is -2.29. The van der Waals surface area contributed by atoms with Crippen molar-refractivity contribution in [2.75, 3.05) is 18.8 Å². The molecule has 1 saturated heterocycles. The van der Waals surface area contributed by atoms with Crippen LogP contribution in [0.4, 0.5) is 0 Å². The van der Waals surface area contributed by atoms with E-state index in [1.54, 1.807) is 0 Å². The maximum atomic E-state index is 13.6. The highest BCUT2D eigenvalue weighted by Gasteiger charge is 2.38. The van der Waals surface area contributed by atoms with Gasteiger partial charge in [0.05, 0.1) is 11.8 Å². The van der Waals surface area contributed by atoms with Gasteiger partial charge >= 0.3 is 0 Å². The molecule has 0 aliphatic carbocycles. The Hall–Kier alpha value is -2.70. The van der Waals surface area contributed by atoms with Crippen molar-refractivity contribution in [2.45, 2.75) is 70.0 Å². The molecule has 2 amide bonds. The van der Waals surface area contributed by atoms with Gasteiger partial charge in [0.1, 0.15) is 18.4 Å². The molecule has 0 unspecified atom stereocenters. The van der Waals surface area contributed by atoms with Gasteiger partial charge < -0.3 is 26.5 Å².